The van der Waals surface area contributed by atoms with Crippen molar-refractivity contribution in [2.75, 3.05) is 20.3 Å². The van der Waals surface area contributed by atoms with Crippen molar-refractivity contribution < 1.29 is 24.2 Å². The second kappa shape index (κ2) is 10.7. The van der Waals surface area contributed by atoms with E-state index in [2.05, 4.69) is 22.9 Å². The number of nitrogens with zero attached hydrogens (tertiary/aromatic N) is 1. The van der Waals surface area contributed by atoms with Crippen LogP contribution in [0.25, 0.3) is 5.76 Å². The third-order valence-corrected chi connectivity index (χ3v) is 6.09. The molecule has 1 aliphatic rings. The minimum absolute atomic E-state index is 0.0905. The maximum atomic E-state index is 13.1. The van der Waals surface area contributed by atoms with Gasteiger partial charge in [-0.25, -0.2) is 0 Å². The van der Waals surface area contributed by atoms with E-state index in [0.717, 1.165) is 24.8 Å². The predicted molar refractivity (Wildman–Crippen MR) is 127 cm³/mol. The average Bonchev–Trinajstić information content (AvgIpc) is 3.04. The first-order chi connectivity index (χ1) is 15.4. The van der Waals surface area contributed by atoms with Gasteiger partial charge >= 0.3 is 0 Å². The molecular formula is C25H28BrNO5. The number of aliphatic hydroxyl groups is 1. The van der Waals surface area contributed by atoms with Crippen LogP contribution in [0.4, 0.5) is 0 Å². The number of amides is 1. The highest BCUT2D eigenvalue weighted by Crippen LogP contribution is 2.40. The highest BCUT2D eigenvalue weighted by molar-refractivity contribution is 9.10. The van der Waals surface area contributed by atoms with Crippen molar-refractivity contribution in [2.45, 2.75) is 39.2 Å². The predicted octanol–water partition coefficient (Wildman–Crippen LogP) is 5.47. The standard InChI is InChI=1S/C25H28BrNO5/c1-4-6-7-14-27-22(16-8-11-18(12-9-16)32-5-2)21(24(29)25(27)30)23(28)17-10-13-20(31-3)19(26)15-17/h8-13,15,22,28H,4-7,14H2,1-3H3/b23-21-. The van der Waals surface area contributed by atoms with E-state index in [1.165, 1.54) is 0 Å². The molecule has 1 amide bonds. The number of hydrogen-bond acceptors (Lipinski definition) is 5. The molecule has 0 spiro atoms. The minimum Gasteiger partial charge on any atom is -0.507 e. The van der Waals surface area contributed by atoms with Crippen LogP contribution in [-0.2, 0) is 9.59 Å². The Morgan fingerprint density at radius 2 is 1.81 bits per heavy atom. The molecule has 0 saturated carbocycles. The van der Waals surface area contributed by atoms with Gasteiger partial charge < -0.3 is 19.5 Å². The van der Waals surface area contributed by atoms with E-state index >= 15 is 0 Å². The summed E-state index contributed by atoms with van der Waals surface area (Å²) in [6.07, 6.45) is 2.73. The smallest absolute Gasteiger partial charge is 0.295 e. The molecule has 0 aliphatic carbocycles. The van der Waals surface area contributed by atoms with E-state index in [1.807, 2.05) is 31.2 Å². The Morgan fingerprint density at radius 1 is 1.09 bits per heavy atom. The lowest BCUT2D eigenvalue weighted by atomic mass is 9.95. The highest BCUT2D eigenvalue weighted by Gasteiger charge is 2.45. The second-order valence-electron chi connectivity index (χ2n) is 7.55. The van der Waals surface area contributed by atoms with Crippen LogP contribution >= 0.6 is 15.9 Å². The third-order valence-electron chi connectivity index (χ3n) is 5.47. The molecule has 7 heteroatoms. The van der Waals surface area contributed by atoms with Gasteiger partial charge in [-0.15, -0.1) is 0 Å². The lowest BCUT2D eigenvalue weighted by molar-refractivity contribution is -0.139. The number of benzene rings is 2. The second-order valence-corrected chi connectivity index (χ2v) is 8.41. The first-order valence-electron chi connectivity index (χ1n) is 10.8. The van der Waals surface area contributed by atoms with Crippen molar-refractivity contribution in [1.29, 1.82) is 0 Å². The van der Waals surface area contributed by atoms with Gasteiger partial charge in [0.2, 0.25) is 0 Å². The fraction of sp³-hybridized carbons (Fsp3) is 0.360. The van der Waals surface area contributed by atoms with Gasteiger partial charge in [0, 0.05) is 12.1 Å². The molecule has 1 unspecified atom stereocenters. The molecule has 1 saturated heterocycles. The van der Waals surface area contributed by atoms with Gasteiger partial charge in [-0.05, 0) is 65.2 Å². The molecule has 1 N–H and O–H groups in total. The first kappa shape index (κ1) is 23.9. The summed E-state index contributed by atoms with van der Waals surface area (Å²) in [4.78, 5) is 27.6. The van der Waals surface area contributed by atoms with Crippen molar-refractivity contribution in [2.24, 2.45) is 0 Å². The normalized spacial score (nSPS) is 17.6. The molecule has 2 aromatic rings. The first-order valence-corrected chi connectivity index (χ1v) is 11.6. The minimum atomic E-state index is -0.676. The van der Waals surface area contributed by atoms with E-state index in [0.29, 0.717) is 34.7 Å². The fourth-order valence-corrected chi connectivity index (χ4v) is 4.41. The summed E-state index contributed by atoms with van der Waals surface area (Å²) >= 11 is 3.41. The monoisotopic (exact) mass is 501 g/mol. The Balaban J connectivity index is 2.10. The largest absolute Gasteiger partial charge is 0.507 e. The van der Waals surface area contributed by atoms with Gasteiger partial charge in [0.05, 0.1) is 29.8 Å². The number of carbonyl (C=O) groups excluding carboxylic acids is 2. The number of ketones is 1. The number of methoxy groups -OCH3 is 1. The molecule has 1 fully saturated rings. The Morgan fingerprint density at radius 3 is 2.41 bits per heavy atom. The summed E-state index contributed by atoms with van der Waals surface area (Å²) in [5.41, 5.74) is 1.27. The molecule has 2 aromatic carbocycles. The van der Waals surface area contributed by atoms with E-state index in [1.54, 1.807) is 30.2 Å². The van der Waals surface area contributed by atoms with Gasteiger partial charge in [-0.1, -0.05) is 31.9 Å². The molecule has 6 nitrogen and oxygen atoms in total. The molecule has 1 aliphatic heterocycles. The molecule has 3 rings (SSSR count). The summed E-state index contributed by atoms with van der Waals surface area (Å²) in [5.74, 6) is -0.162. The number of unbranched alkanes of at least 4 members (excludes halogenated alkanes) is 2. The number of aliphatic hydroxyl groups excluding tert-OH is 1. The molecule has 32 heavy (non-hydrogen) atoms. The maximum absolute atomic E-state index is 13.1. The van der Waals surface area contributed by atoms with Crippen molar-refractivity contribution in [1.82, 2.24) is 4.90 Å². The number of rotatable bonds is 9. The molecule has 0 bridgehead atoms. The van der Waals surface area contributed by atoms with Crippen molar-refractivity contribution >= 4 is 33.4 Å². The number of carbonyl (C=O) groups is 2. The molecule has 0 radical (unpaired) electrons. The van der Waals surface area contributed by atoms with E-state index in [4.69, 9.17) is 9.47 Å². The Hall–Kier alpha value is -2.80. The third kappa shape index (κ3) is 4.83. The van der Waals surface area contributed by atoms with Crippen LogP contribution in [0.15, 0.2) is 52.5 Å². The SMILES string of the molecule is CCCCCN1C(=O)C(=O)/C(=C(\O)c2ccc(OC)c(Br)c2)C1c1ccc(OCC)cc1. The molecular weight excluding hydrogens is 474 g/mol. The van der Waals surface area contributed by atoms with Gasteiger partial charge in [0.15, 0.2) is 0 Å². The van der Waals surface area contributed by atoms with Crippen LogP contribution in [-0.4, -0.2) is 42.0 Å². The van der Waals surface area contributed by atoms with Crippen LogP contribution in [0.5, 0.6) is 11.5 Å². The van der Waals surface area contributed by atoms with E-state index in [-0.39, 0.29) is 11.3 Å². The quantitative estimate of drug-likeness (QED) is 0.213. The Labute approximate surface area is 197 Å². The zero-order valence-corrected chi connectivity index (χ0v) is 20.1. The molecule has 0 aromatic heterocycles. The van der Waals surface area contributed by atoms with Crippen molar-refractivity contribution in [3.8, 4) is 11.5 Å². The molecule has 1 atom stereocenters. The van der Waals surface area contributed by atoms with Crippen LogP contribution in [0, 0.1) is 0 Å². The Kier molecular flexibility index (Phi) is 7.96. The molecule has 1 heterocycles. The summed E-state index contributed by atoms with van der Waals surface area (Å²) in [7, 11) is 1.55. The van der Waals surface area contributed by atoms with Crippen molar-refractivity contribution in [3.05, 3.63) is 63.6 Å². The summed E-state index contributed by atoms with van der Waals surface area (Å²) in [6.45, 7) is 4.98. The van der Waals surface area contributed by atoms with Gasteiger partial charge in [0.25, 0.3) is 11.7 Å². The number of hydrogen-bond donors (Lipinski definition) is 1. The van der Waals surface area contributed by atoms with Crippen molar-refractivity contribution in [3.63, 3.8) is 0 Å². The number of halogens is 1. The van der Waals surface area contributed by atoms with Crippen LogP contribution in [0.2, 0.25) is 0 Å². The zero-order valence-electron chi connectivity index (χ0n) is 18.6. The fourth-order valence-electron chi connectivity index (χ4n) is 3.87. The lowest BCUT2D eigenvalue weighted by Gasteiger charge is -2.25. The Bertz CT molecular complexity index is 1020. The van der Waals surface area contributed by atoms with Crippen LogP contribution in [0.3, 0.4) is 0 Å². The lowest BCUT2D eigenvalue weighted by Crippen LogP contribution is -2.30. The number of ether oxygens (including phenoxy) is 2. The number of likely N-dealkylation sites (tertiary alicyclic amines) is 1. The summed E-state index contributed by atoms with van der Waals surface area (Å²) in [5, 5.41) is 11.2. The van der Waals surface area contributed by atoms with Gasteiger partial charge in [-0.2, -0.15) is 0 Å². The van der Waals surface area contributed by atoms with Gasteiger partial charge in [-0.3, -0.25) is 9.59 Å². The summed E-state index contributed by atoms with van der Waals surface area (Å²) in [6, 6.07) is 11.7. The van der Waals surface area contributed by atoms with E-state index < -0.39 is 17.7 Å². The average molecular weight is 502 g/mol. The molecule has 170 valence electrons. The number of Topliss-reactive ketones (excluding diaryl/α,β-unsaturated/α-hetero) is 1. The van der Waals surface area contributed by atoms with E-state index in [9.17, 15) is 14.7 Å². The maximum Gasteiger partial charge on any atom is 0.295 e. The highest BCUT2D eigenvalue weighted by atomic mass is 79.9. The van der Waals surface area contributed by atoms with Crippen LogP contribution in [0.1, 0.15) is 50.3 Å². The summed E-state index contributed by atoms with van der Waals surface area (Å²) < 4.78 is 11.4. The van der Waals surface area contributed by atoms with Gasteiger partial charge in [0.1, 0.15) is 17.3 Å². The van der Waals surface area contributed by atoms with Crippen LogP contribution < -0.4 is 9.47 Å². The zero-order chi connectivity index (χ0) is 23.3. The topological polar surface area (TPSA) is 76.1 Å².